The first-order chi connectivity index (χ1) is 9.63. The van der Waals surface area contributed by atoms with E-state index >= 15 is 0 Å². The first-order valence-corrected chi connectivity index (χ1v) is 6.34. The van der Waals surface area contributed by atoms with Crippen molar-refractivity contribution in [2.24, 2.45) is 0 Å². The van der Waals surface area contributed by atoms with E-state index in [4.69, 9.17) is 0 Å². The van der Waals surface area contributed by atoms with Crippen molar-refractivity contribution in [2.45, 2.75) is 6.92 Å². The average Bonchev–Trinajstić information content (AvgIpc) is 2.88. The minimum Gasteiger partial charge on any atom is -0.362 e. The zero-order chi connectivity index (χ0) is 14.1. The van der Waals surface area contributed by atoms with E-state index in [1.807, 2.05) is 50.3 Å². The third kappa shape index (κ3) is 2.27. The van der Waals surface area contributed by atoms with Crippen LogP contribution in [0.1, 0.15) is 5.56 Å². The van der Waals surface area contributed by atoms with Gasteiger partial charge in [-0.1, -0.05) is 0 Å². The minimum absolute atomic E-state index is 0.582. The van der Waals surface area contributed by atoms with Gasteiger partial charge in [0.15, 0.2) is 0 Å². The molecule has 0 aliphatic rings. The van der Waals surface area contributed by atoms with Crippen LogP contribution in [-0.2, 0) is 0 Å². The van der Waals surface area contributed by atoms with Gasteiger partial charge in [-0.25, -0.2) is 4.98 Å². The highest BCUT2D eigenvalue weighted by Crippen LogP contribution is 2.21. The Morgan fingerprint density at radius 1 is 1.20 bits per heavy atom. The Morgan fingerprint density at radius 2 is 2.05 bits per heavy atom. The lowest BCUT2D eigenvalue weighted by Gasteiger charge is -2.15. The number of benzene rings is 1. The van der Waals surface area contributed by atoms with Gasteiger partial charge >= 0.3 is 0 Å². The summed E-state index contributed by atoms with van der Waals surface area (Å²) in [5.74, 6) is 1.49. The summed E-state index contributed by atoms with van der Waals surface area (Å²) >= 11 is 0. The summed E-state index contributed by atoms with van der Waals surface area (Å²) in [6.45, 7) is 2.00. The Bertz CT molecular complexity index is 746. The van der Waals surface area contributed by atoms with E-state index in [1.165, 1.54) is 0 Å². The van der Waals surface area contributed by atoms with Crippen molar-refractivity contribution < 1.29 is 0 Å². The fourth-order valence-electron chi connectivity index (χ4n) is 2.09. The lowest BCUT2D eigenvalue weighted by atomic mass is 10.2. The van der Waals surface area contributed by atoms with Crippen LogP contribution in [-0.4, -0.2) is 34.3 Å². The first-order valence-electron chi connectivity index (χ1n) is 6.34. The van der Waals surface area contributed by atoms with Gasteiger partial charge in [-0.15, -0.1) is 0 Å². The lowest BCUT2D eigenvalue weighted by Crippen LogP contribution is -2.13. The molecule has 0 atom stereocenters. The van der Waals surface area contributed by atoms with Crippen molar-refractivity contribution >= 4 is 28.4 Å². The highest BCUT2D eigenvalue weighted by Gasteiger charge is 2.06. The van der Waals surface area contributed by atoms with Crippen LogP contribution in [0.2, 0.25) is 0 Å². The predicted octanol–water partition coefficient (Wildman–Crippen LogP) is 2.47. The second-order valence-corrected chi connectivity index (χ2v) is 4.89. The zero-order valence-electron chi connectivity index (χ0n) is 11.7. The van der Waals surface area contributed by atoms with Crippen molar-refractivity contribution in [1.82, 2.24) is 20.2 Å². The maximum atomic E-state index is 4.51. The van der Waals surface area contributed by atoms with Gasteiger partial charge in [0.05, 0.1) is 11.7 Å². The summed E-state index contributed by atoms with van der Waals surface area (Å²) in [5.41, 5.74) is 2.95. The van der Waals surface area contributed by atoms with E-state index < -0.39 is 0 Å². The molecule has 0 radical (unpaired) electrons. The molecule has 0 amide bonds. The van der Waals surface area contributed by atoms with E-state index in [-0.39, 0.29) is 0 Å². The molecule has 0 aliphatic heterocycles. The molecule has 102 valence electrons. The summed E-state index contributed by atoms with van der Waals surface area (Å²) < 4.78 is 0. The molecule has 0 unspecified atom stereocenters. The van der Waals surface area contributed by atoms with Crippen LogP contribution in [0.4, 0.5) is 17.5 Å². The molecule has 3 rings (SSSR count). The van der Waals surface area contributed by atoms with Crippen LogP contribution in [0, 0.1) is 6.92 Å². The van der Waals surface area contributed by atoms with E-state index in [1.54, 1.807) is 6.20 Å². The Balaban J connectivity index is 1.92. The number of H-pyrrole nitrogens is 1. The van der Waals surface area contributed by atoms with Gasteiger partial charge < -0.3 is 10.2 Å². The van der Waals surface area contributed by atoms with E-state index in [0.29, 0.717) is 5.95 Å². The molecule has 20 heavy (non-hydrogen) atoms. The fraction of sp³-hybridized carbons (Fsp3) is 0.214. The van der Waals surface area contributed by atoms with Gasteiger partial charge in [0, 0.05) is 36.9 Å². The summed E-state index contributed by atoms with van der Waals surface area (Å²) in [6, 6.07) is 5.97. The van der Waals surface area contributed by atoms with Crippen molar-refractivity contribution in [3.8, 4) is 0 Å². The number of anilines is 3. The molecule has 1 aromatic carbocycles. The second kappa shape index (κ2) is 4.80. The molecular formula is C14H16N6. The Kier molecular flexibility index (Phi) is 2.98. The van der Waals surface area contributed by atoms with Gasteiger partial charge in [0.25, 0.3) is 0 Å². The Labute approximate surface area is 116 Å². The monoisotopic (exact) mass is 268 g/mol. The van der Waals surface area contributed by atoms with Crippen molar-refractivity contribution in [1.29, 1.82) is 0 Å². The van der Waals surface area contributed by atoms with Gasteiger partial charge in [0.1, 0.15) is 5.82 Å². The van der Waals surface area contributed by atoms with Crippen LogP contribution < -0.4 is 10.2 Å². The summed E-state index contributed by atoms with van der Waals surface area (Å²) in [5, 5.41) is 11.2. The molecule has 0 saturated carbocycles. The summed E-state index contributed by atoms with van der Waals surface area (Å²) in [7, 11) is 3.94. The molecule has 0 bridgehead atoms. The largest absolute Gasteiger partial charge is 0.362 e. The van der Waals surface area contributed by atoms with Crippen LogP contribution >= 0.6 is 0 Å². The van der Waals surface area contributed by atoms with Gasteiger partial charge in [0.2, 0.25) is 5.95 Å². The minimum atomic E-state index is 0.582. The molecule has 6 heteroatoms. The van der Waals surface area contributed by atoms with Crippen molar-refractivity contribution in [3.05, 3.63) is 36.2 Å². The van der Waals surface area contributed by atoms with Gasteiger partial charge in [-0.05, 0) is 25.1 Å². The standard InChI is InChI=1S/C14H16N6/c1-9-7-15-14(18-13(9)20(2)3)17-11-5-4-10-8-16-19-12(10)6-11/h4-8H,1-3H3,(H,16,19)(H,15,17,18). The molecule has 0 fully saturated rings. The Hall–Kier alpha value is -2.63. The van der Waals surface area contributed by atoms with Crippen molar-refractivity contribution in [2.75, 3.05) is 24.3 Å². The highest BCUT2D eigenvalue weighted by molar-refractivity contribution is 5.82. The SMILES string of the molecule is Cc1cnc(Nc2ccc3cn[nH]c3c2)nc1N(C)C. The predicted molar refractivity (Wildman–Crippen MR) is 80.5 cm³/mol. The molecule has 0 saturated heterocycles. The molecule has 0 aliphatic carbocycles. The fourth-order valence-corrected chi connectivity index (χ4v) is 2.09. The molecular weight excluding hydrogens is 252 g/mol. The number of hydrogen-bond donors (Lipinski definition) is 2. The third-order valence-corrected chi connectivity index (χ3v) is 3.07. The van der Waals surface area contributed by atoms with E-state index in [2.05, 4.69) is 25.5 Å². The topological polar surface area (TPSA) is 69.7 Å². The van der Waals surface area contributed by atoms with E-state index in [9.17, 15) is 0 Å². The van der Waals surface area contributed by atoms with Crippen LogP contribution in [0.15, 0.2) is 30.6 Å². The maximum absolute atomic E-state index is 4.51. The Morgan fingerprint density at radius 3 is 2.85 bits per heavy atom. The number of fused-ring (bicyclic) bond motifs is 1. The van der Waals surface area contributed by atoms with Crippen LogP contribution in [0.25, 0.3) is 10.9 Å². The number of hydrogen-bond acceptors (Lipinski definition) is 5. The lowest BCUT2D eigenvalue weighted by molar-refractivity contribution is 1.02. The number of nitrogens with zero attached hydrogens (tertiary/aromatic N) is 4. The highest BCUT2D eigenvalue weighted by atomic mass is 15.2. The number of nitrogens with one attached hydrogen (secondary N) is 2. The van der Waals surface area contributed by atoms with Crippen molar-refractivity contribution in [3.63, 3.8) is 0 Å². The molecule has 3 aromatic rings. The number of rotatable bonds is 3. The summed E-state index contributed by atoms with van der Waals surface area (Å²) in [6.07, 6.45) is 3.62. The second-order valence-electron chi connectivity index (χ2n) is 4.89. The van der Waals surface area contributed by atoms with Crippen LogP contribution in [0.5, 0.6) is 0 Å². The number of aromatic nitrogens is 4. The molecule has 2 N–H and O–H groups in total. The quantitative estimate of drug-likeness (QED) is 0.763. The molecule has 2 heterocycles. The number of aromatic amines is 1. The molecule has 6 nitrogen and oxygen atoms in total. The molecule has 2 aromatic heterocycles. The first kappa shape index (κ1) is 12.4. The van der Waals surface area contributed by atoms with E-state index in [0.717, 1.165) is 28.0 Å². The molecule has 0 spiro atoms. The number of aryl methyl sites for hydroxylation is 1. The van der Waals surface area contributed by atoms with Gasteiger partial charge in [-0.3, -0.25) is 5.10 Å². The maximum Gasteiger partial charge on any atom is 0.229 e. The smallest absolute Gasteiger partial charge is 0.229 e. The van der Waals surface area contributed by atoms with Crippen LogP contribution in [0.3, 0.4) is 0 Å². The average molecular weight is 268 g/mol. The third-order valence-electron chi connectivity index (χ3n) is 3.07. The summed E-state index contributed by atoms with van der Waals surface area (Å²) in [4.78, 5) is 10.8. The van der Waals surface area contributed by atoms with Gasteiger partial charge in [-0.2, -0.15) is 10.1 Å². The zero-order valence-corrected chi connectivity index (χ0v) is 11.7. The normalized spacial score (nSPS) is 10.8.